The van der Waals surface area contributed by atoms with Gasteiger partial charge in [0.2, 0.25) is 0 Å². The lowest BCUT2D eigenvalue weighted by Gasteiger charge is -2.19. The Balaban J connectivity index is 2.86. The van der Waals surface area contributed by atoms with Crippen molar-refractivity contribution >= 4 is 5.97 Å². The minimum absolute atomic E-state index is 0.0274. The Morgan fingerprint density at radius 3 is 2.53 bits per heavy atom. The van der Waals surface area contributed by atoms with Gasteiger partial charge in [-0.15, -0.1) is 0 Å². The largest absolute Gasteiger partial charge is 0.480 e. The predicted molar refractivity (Wildman–Crippen MR) is 67.9 cm³/mol. The molecule has 4 heteroatoms. The highest BCUT2D eigenvalue weighted by Gasteiger charge is 2.19. The zero-order valence-corrected chi connectivity index (χ0v) is 10.5. The topological polar surface area (TPSA) is 75.3 Å². The number of rotatable bonds is 5. The Morgan fingerprint density at radius 2 is 2.06 bits per heavy atom. The molecule has 0 spiro atoms. The first-order chi connectivity index (χ1) is 7.95. The van der Waals surface area contributed by atoms with Crippen molar-refractivity contribution in [2.45, 2.75) is 32.4 Å². The number of aliphatic carboxylic acids is 1. The molecule has 0 bridgehead atoms. The molecule has 0 fully saturated rings. The Labute approximate surface area is 102 Å². The van der Waals surface area contributed by atoms with Crippen LogP contribution in [0, 0.1) is 13.8 Å². The maximum absolute atomic E-state index is 10.8. The summed E-state index contributed by atoms with van der Waals surface area (Å²) in [4.78, 5) is 10.8. The van der Waals surface area contributed by atoms with E-state index >= 15 is 0 Å². The van der Waals surface area contributed by atoms with Gasteiger partial charge in [-0.05, 0) is 44.0 Å². The van der Waals surface area contributed by atoms with Crippen molar-refractivity contribution in [1.82, 2.24) is 5.32 Å². The summed E-state index contributed by atoms with van der Waals surface area (Å²) >= 11 is 0. The van der Waals surface area contributed by atoms with E-state index in [1.165, 1.54) is 11.1 Å². The van der Waals surface area contributed by atoms with Crippen LogP contribution in [-0.4, -0.2) is 24.2 Å². The highest BCUT2D eigenvalue weighted by Crippen LogP contribution is 2.20. The van der Waals surface area contributed by atoms with Crippen LogP contribution in [0.5, 0.6) is 0 Å². The molecule has 4 nitrogen and oxygen atoms in total. The number of benzene rings is 1. The molecule has 4 N–H and O–H groups in total. The standard InChI is InChI=1S/C13H20N2O2/c1-8-4-5-10(6-9(8)2)12(15-3)7-11(14)13(16)17/h4-6,11-12,15H,7,14H2,1-3H3,(H,16,17). The summed E-state index contributed by atoms with van der Waals surface area (Å²) in [6.07, 6.45) is 0.383. The zero-order chi connectivity index (χ0) is 13.0. The highest BCUT2D eigenvalue weighted by atomic mass is 16.4. The third kappa shape index (κ3) is 3.54. The van der Waals surface area contributed by atoms with E-state index < -0.39 is 12.0 Å². The molecular weight excluding hydrogens is 216 g/mol. The summed E-state index contributed by atoms with van der Waals surface area (Å²) < 4.78 is 0. The fourth-order valence-corrected chi connectivity index (χ4v) is 1.76. The molecule has 0 aliphatic rings. The van der Waals surface area contributed by atoms with Gasteiger partial charge in [-0.2, -0.15) is 0 Å². The van der Waals surface area contributed by atoms with E-state index in [0.717, 1.165) is 5.56 Å². The number of nitrogens with two attached hydrogens (primary N) is 1. The molecule has 0 aliphatic heterocycles. The predicted octanol–water partition coefficient (Wildman–Crippen LogP) is 1.37. The molecule has 0 aliphatic carbocycles. The maximum atomic E-state index is 10.8. The number of hydrogen-bond donors (Lipinski definition) is 3. The van der Waals surface area contributed by atoms with Crippen molar-refractivity contribution in [2.24, 2.45) is 5.73 Å². The van der Waals surface area contributed by atoms with E-state index in [4.69, 9.17) is 10.8 Å². The molecule has 2 atom stereocenters. The van der Waals surface area contributed by atoms with Crippen molar-refractivity contribution in [1.29, 1.82) is 0 Å². The van der Waals surface area contributed by atoms with Crippen LogP contribution >= 0.6 is 0 Å². The van der Waals surface area contributed by atoms with Gasteiger partial charge in [0.25, 0.3) is 0 Å². The van der Waals surface area contributed by atoms with Crippen molar-refractivity contribution < 1.29 is 9.90 Å². The fraction of sp³-hybridized carbons (Fsp3) is 0.462. The zero-order valence-electron chi connectivity index (χ0n) is 10.5. The maximum Gasteiger partial charge on any atom is 0.320 e. The Hall–Kier alpha value is -1.39. The second-order valence-electron chi connectivity index (χ2n) is 4.37. The van der Waals surface area contributed by atoms with Crippen molar-refractivity contribution in [3.05, 3.63) is 34.9 Å². The van der Waals surface area contributed by atoms with Crippen LogP contribution in [-0.2, 0) is 4.79 Å². The second-order valence-corrected chi connectivity index (χ2v) is 4.37. The fourth-order valence-electron chi connectivity index (χ4n) is 1.76. The summed E-state index contributed by atoms with van der Waals surface area (Å²) in [5.74, 6) is -0.964. The number of carboxylic acid groups (broad SMARTS) is 1. The van der Waals surface area contributed by atoms with Crippen LogP contribution in [0.15, 0.2) is 18.2 Å². The van der Waals surface area contributed by atoms with E-state index in [0.29, 0.717) is 6.42 Å². The van der Waals surface area contributed by atoms with Crippen LogP contribution in [0.2, 0.25) is 0 Å². The van der Waals surface area contributed by atoms with Crippen molar-refractivity contribution in [2.75, 3.05) is 7.05 Å². The Kier molecular flexibility index (Phi) is 4.66. The van der Waals surface area contributed by atoms with Gasteiger partial charge >= 0.3 is 5.97 Å². The Bertz CT molecular complexity index is 404. The minimum atomic E-state index is -0.964. The molecule has 0 saturated carbocycles. The third-order valence-electron chi connectivity index (χ3n) is 3.09. The molecule has 0 heterocycles. The van der Waals surface area contributed by atoms with Gasteiger partial charge in [0.15, 0.2) is 0 Å². The van der Waals surface area contributed by atoms with E-state index in [9.17, 15) is 4.79 Å². The highest BCUT2D eigenvalue weighted by molar-refractivity contribution is 5.73. The van der Waals surface area contributed by atoms with Crippen LogP contribution in [0.25, 0.3) is 0 Å². The molecule has 0 amide bonds. The first-order valence-corrected chi connectivity index (χ1v) is 5.68. The quantitative estimate of drug-likeness (QED) is 0.721. The summed E-state index contributed by atoms with van der Waals surface area (Å²) in [7, 11) is 1.81. The number of carboxylic acids is 1. The SMILES string of the molecule is CNC(CC(N)C(=O)O)c1ccc(C)c(C)c1. The van der Waals surface area contributed by atoms with Crippen molar-refractivity contribution in [3.8, 4) is 0 Å². The lowest BCUT2D eigenvalue weighted by atomic mass is 9.96. The van der Waals surface area contributed by atoms with Gasteiger partial charge < -0.3 is 16.2 Å². The summed E-state index contributed by atoms with van der Waals surface area (Å²) in [6, 6.07) is 5.26. The van der Waals surface area contributed by atoms with E-state index in [1.54, 1.807) is 0 Å². The molecule has 2 unspecified atom stereocenters. The molecule has 1 aromatic rings. The molecular formula is C13H20N2O2. The van der Waals surface area contributed by atoms with Crippen LogP contribution in [0.3, 0.4) is 0 Å². The van der Waals surface area contributed by atoms with Crippen LogP contribution in [0.4, 0.5) is 0 Å². The van der Waals surface area contributed by atoms with E-state index in [2.05, 4.69) is 18.3 Å². The molecule has 94 valence electrons. The van der Waals surface area contributed by atoms with Gasteiger partial charge in [0, 0.05) is 6.04 Å². The Morgan fingerprint density at radius 1 is 1.41 bits per heavy atom. The number of nitrogens with one attached hydrogen (secondary N) is 1. The molecule has 0 aromatic heterocycles. The van der Waals surface area contributed by atoms with E-state index in [1.807, 2.05) is 26.1 Å². The van der Waals surface area contributed by atoms with Crippen LogP contribution < -0.4 is 11.1 Å². The van der Waals surface area contributed by atoms with E-state index in [-0.39, 0.29) is 6.04 Å². The lowest BCUT2D eigenvalue weighted by Crippen LogP contribution is -2.34. The summed E-state index contributed by atoms with van der Waals surface area (Å²) in [5, 5.41) is 11.9. The van der Waals surface area contributed by atoms with Crippen LogP contribution in [0.1, 0.15) is 29.2 Å². The normalized spacial score (nSPS) is 14.4. The lowest BCUT2D eigenvalue weighted by molar-refractivity contribution is -0.138. The number of hydrogen-bond acceptors (Lipinski definition) is 3. The second kappa shape index (κ2) is 5.80. The first-order valence-electron chi connectivity index (χ1n) is 5.68. The number of carbonyl (C=O) groups is 1. The molecule has 0 saturated heterocycles. The average molecular weight is 236 g/mol. The van der Waals surface area contributed by atoms with Gasteiger partial charge in [0.1, 0.15) is 6.04 Å². The van der Waals surface area contributed by atoms with Gasteiger partial charge in [0.05, 0.1) is 0 Å². The average Bonchev–Trinajstić information content (AvgIpc) is 2.29. The molecule has 1 aromatic carbocycles. The molecule has 1 rings (SSSR count). The van der Waals surface area contributed by atoms with Gasteiger partial charge in [-0.3, -0.25) is 4.79 Å². The molecule has 17 heavy (non-hydrogen) atoms. The van der Waals surface area contributed by atoms with Gasteiger partial charge in [-0.1, -0.05) is 18.2 Å². The third-order valence-corrected chi connectivity index (χ3v) is 3.09. The van der Waals surface area contributed by atoms with Crippen molar-refractivity contribution in [3.63, 3.8) is 0 Å². The van der Waals surface area contributed by atoms with Gasteiger partial charge in [-0.25, -0.2) is 0 Å². The minimum Gasteiger partial charge on any atom is -0.480 e. The monoisotopic (exact) mass is 236 g/mol. The summed E-state index contributed by atoms with van der Waals surface area (Å²) in [5.41, 5.74) is 9.06. The summed E-state index contributed by atoms with van der Waals surface area (Å²) in [6.45, 7) is 4.10. The number of aryl methyl sites for hydroxylation is 2. The first kappa shape index (κ1) is 13.7. The molecule has 0 radical (unpaired) electrons. The smallest absolute Gasteiger partial charge is 0.320 e.